The molecule has 0 amide bonds. The van der Waals surface area contributed by atoms with Gasteiger partial charge in [-0.05, 0) is 29.0 Å². The second kappa shape index (κ2) is 5.78. The smallest absolute Gasteiger partial charge is 0.346 e. The van der Waals surface area contributed by atoms with Gasteiger partial charge in [0.1, 0.15) is 0 Å². The summed E-state index contributed by atoms with van der Waals surface area (Å²) in [6, 6.07) is 11.6. The van der Waals surface area contributed by atoms with Crippen molar-refractivity contribution in [3.05, 3.63) is 57.8 Å². The molecule has 2 rings (SSSR count). The molecule has 0 saturated carbocycles. The zero-order chi connectivity index (χ0) is 13.0. The van der Waals surface area contributed by atoms with Crippen LogP contribution in [0.25, 0.3) is 0 Å². The molecule has 0 fully saturated rings. The Balaban J connectivity index is 2.09. The van der Waals surface area contributed by atoms with Crippen molar-refractivity contribution in [3.63, 3.8) is 0 Å². The number of hydrogen-bond acceptors (Lipinski definition) is 3. The average molecular weight is 264 g/mol. The summed E-state index contributed by atoms with van der Waals surface area (Å²) in [7, 11) is 1.19. The number of rotatable bonds is 4. The molecule has 0 aliphatic heterocycles. The Labute approximate surface area is 109 Å². The number of halogens is 1. The topological polar surface area (TPSA) is 26.3 Å². The first-order valence-corrected chi connectivity index (χ1v) is 6.42. The molecule has 94 valence electrons. The molecule has 0 spiro atoms. The fourth-order valence-corrected chi connectivity index (χ4v) is 2.55. The third-order valence-corrected chi connectivity index (χ3v) is 3.60. The van der Waals surface area contributed by atoms with E-state index in [0.29, 0.717) is 4.88 Å². The van der Waals surface area contributed by atoms with Crippen LogP contribution < -0.4 is 0 Å². The van der Waals surface area contributed by atoms with Crippen LogP contribution in [0, 0.1) is 0 Å². The van der Waals surface area contributed by atoms with E-state index < -0.39 is 12.1 Å². The van der Waals surface area contributed by atoms with Gasteiger partial charge in [-0.25, -0.2) is 9.18 Å². The van der Waals surface area contributed by atoms with Crippen molar-refractivity contribution in [2.24, 2.45) is 0 Å². The molecule has 2 aromatic rings. The van der Waals surface area contributed by atoms with Gasteiger partial charge < -0.3 is 4.74 Å². The average Bonchev–Trinajstić information content (AvgIpc) is 2.86. The van der Waals surface area contributed by atoms with Crippen molar-refractivity contribution in [3.8, 4) is 0 Å². The first-order chi connectivity index (χ1) is 8.70. The van der Waals surface area contributed by atoms with Gasteiger partial charge in [-0.1, -0.05) is 30.3 Å². The minimum absolute atomic E-state index is 0.396. The lowest BCUT2D eigenvalue weighted by molar-refractivity contribution is -0.146. The van der Waals surface area contributed by atoms with Crippen LogP contribution in [-0.2, 0) is 16.0 Å². The van der Waals surface area contributed by atoms with Crippen LogP contribution in [0.4, 0.5) is 4.39 Å². The fourth-order valence-electron chi connectivity index (χ4n) is 1.67. The summed E-state index contributed by atoms with van der Waals surface area (Å²) in [5.41, 5.74) is 2.17. The van der Waals surface area contributed by atoms with Gasteiger partial charge >= 0.3 is 5.97 Å². The second-order valence-corrected chi connectivity index (χ2v) is 4.85. The SMILES string of the molecule is COC(=O)C(F)c1cc(Cc2ccccc2)cs1. The van der Waals surface area contributed by atoms with Crippen LogP contribution in [0.15, 0.2) is 41.8 Å². The normalized spacial score (nSPS) is 12.1. The van der Waals surface area contributed by atoms with Crippen molar-refractivity contribution in [2.45, 2.75) is 12.6 Å². The number of benzene rings is 1. The highest BCUT2D eigenvalue weighted by Crippen LogP contribution is 2.27. The van der Waals surface area contributed by atoms with Crippen LogP contribution in [0.3, 0.4) is 0 Å². The zero-order valence-corrected chi connectivity index (χ0v) is 10.7. The molecule has 0 saturated heterocycles. The minimum atomic E-state index is -1.68. The van der Waals surface area contributed by atoms with E-state index in [9.17, 15) is 9.18 Å². The van der Waals surface area contributed by atoms with E-state index in [4.69, 9.17) is 0 Å². The molecule has 0 radical (unpaired) electrons. The first-order valence-electron chi connectivity index (χ1n) is 5.54. The highest BCUT2D eigenvalue weighted by molar-refractivity contribution is 7.10. The molecular formula is C14H13FO2S. The minimum Gasteiger partial charge on any atom is -0.467 e. The Morgan fingerprint density at radius 1 is 1.33 bits per heavy atom. The Morgan fingerprint density at radius 2 is 2.06 bits per heavy atom. The lowest BCUT2D eigenvalue weighted by Gasteiger charge is -2.02. The molecule has 1 atom stereocenters. The zero-order valence-electron chi connectivity index (χ0n) is 9.93. The lowest BCUT2D eigenvalue weighted by Crippen LogP contribution is -2.07. The number of carbonyl (C=O) groups excluding carboxylic acids is 1. The van der Waals surface area contributed by atoms with Gasteiger partial charge in [-0.15, -0.1) is 11.3 Å². The summed E-state index contributed by atoms with van der Waals surface area (Å²) >= 11 is 1.24. The summed E-state index contributed by atoms with van der Waals surface area (Å²) in [6.07, 6.45) is -0.935. The van der Waals surface area contributed by atoms with Crippen LogP contribution >= 0.6 is 11.3 Å². The molecule has 1 heterocycles. The van der Waals surface area contributed by atoms with E-state index in [-0.39, 0.29) is 0 Å². The number of thiophene rings is 1. The molecule has 0 N–H and O–H groups in total. The number of ether oxygens (including phenoxy) is 1. The standard InChI is InChI=1S/C14H13FO2S/c1-17-14(16)13(15)12-8-11(9-18-12)7-10-5-3-2-4-6-10/h2-6,8-9,13H,7H2,1H3. The molecule has 4 heteroatoms. The van der Waals surface area contributed by atoms with Gasteiger partial charge in [-0.3, -0.25) is 0 Å². The van der Waals surface area contributed by atoms with Crippen LogP contribution in [-0.4, -0.2) is 13.1 Å². The number of alkyl halides is 1. The van der Waals surface area contributed by atoms with Crippen molar-refractivity contribution < 1.29 is 13.9 Å². The molecule has 0 aliphatic carbocycles. The van der Waals surface area contributed by atoms with Gasteiger partial charge in [-0.2, -0.15) is 0 Å². The van der Waals surface area contributed by atoms with E-state index in [0.717, 1.165) is 17.5 Å². The molecule has 0 aliphatic rings. The molecule has 18 heavy (non-hydrogen) atoms. The summed E-state index contributed by atoms with van der Waals surface area (Å²) in [5.74, 6) is -0.844. The Kier molecular flexibility index (Phi) is 4.10. The fraction of sp³-hybridized carbons (Fsp3) is 0.214. The number of hydrogen-bond donors (Lipinski definition) is 0. The maximum absolute atomic E-state index is 13.6. The van der Waals surface area contributed by atoms with Gasteiger partial charge in [0.05, 0.1) is 12.0 Å². The summed E-state index contributed by atoms with van der Waals surface area (Å²) < 4.78 is 18.0. The van der Waals surface area contributed by atoms with E-state index in [2.05, 4.69) is 4.74 Å². The molecule has 0 bridgehead atoms. The quantitative estimate of drug-likeness (QED) is 0.790. The molecule has 1 aromatic heterocycles. The Bertz CT molecular complexity index is 522. The monoisotopic (exact) mass is 264 g/mol. The highest BCUT2D eigenvalue weighted by atomic mass is 32.1. The number of esters is 1. The lowest BCUT2D eigenvalue weighted by atomic mass is 10.1. The summed E-state index contributed by atoms with van der Waals surface area (Å²) in [5, 5.41) is 1.87. The van der Waals surface area contributed by atoms with E-state index >= 15 is 0 Å². The van der Waals surface area contributed by atoms with Crippen molar-refractivity contribution in [1.82, 2.24) is 0 Å². The second-order valence-electron chi connectivity index (χ2n) is 3.91. The maximum Gasteiger partial charge on any atom is 0.346 e. The van der Waals surface area contributed by atoms with Gasteiger partial charge in [0.2, 0.25) is 6.17 Å². The van der Waals surface area contributed by atoms with E-state index in [1.807, 2.05) is 35.7 Å². The van der Waals surface area contributed by atoms with Gasteiger partial charge in [0.15, 0.2) is 0 Å². The molecule has 1 unspecified atom stereocenters. The van der Waals surface area contributed by atoms with Crippen LogP contribution in [0.2, 0.25) is 0 Å². The van der Waals surface area contributed by atoms with E-state index in [1.54, 1.807) is 6.07 Å². The largest absolute Gasteiger partial charge is 0.467 e. The third kappa shape index (κ3) is 2.96. The number of methoxy groups -OCH3 is 1. The van der Waals surface area contributed by atoms with Crippen molar-refractivity contribution >= 4 is 17.3 Å². The van der Waals surface area contributed by atoms with Crippen LogP contribution in [0.5, 0.6) is 0 Å². The third-order valence-electron chi connectivity index (χ3n) is 2.58. The van der Waals surface area contributed by atoms with Crippen molar-refractivity contribution in [1.29, 1.82) is 0 Å². The van der Waals surface area contributed by atoms with Crippen LogP contribution in [0.1, 0.15) is 22.2 Å². The van der Waals surface area contributed by atoms with Gasteiger partial charge in [0, 0.05) is 0 Å². The predicted octanol–water partition coefficient (Wildman–Crippen LogP) is 3.52. The summed E-state index contributed by atoms with van der Waals surface area (Å²) in [4.78, 5) is 11.5. The molecule has 1 aromatic carbocycles. The van der Waals surface area contributed by atoms with Crippen molar-refractivity contribution in [2.75, 3.05) is 7.11 Å². The Hall–Kier alpha value is -1.68. The predicted molar refractivity (Wildman–Crippen MR) is 69.4 cm³/mol. The highest BCUT2D eigenvalue weighted by Gasteiger charge is 2.22. The molecule has 2 nitrogen and oxygen atoms in total. The molecular weight excluding hydrogens is 251 g/mol. The van der Waals surface area contributed by atoms with Gasteiger partial charge in [0.25, 0.3) is 0 Å². The van der Waals surface area contributed by atoms with E-state index in [1.165, 1.54) is 18.4 Å². The summed E-state index contributed by atoms with van der Waals surface area (Å²) in [6.45, 7) is 0. The maximum atomic E-state index is 13.6. The first kappa shape index (κ1) is 12.8. The number of carbonyl (C=O) groups is 1. The Morgan fingerprint density at radius 3 is 2.72 bits per heavy atom.